The van der Waals surface area contributed by atoms with Crippen LogP contribution in [0.5, 0.6) is 0 Å². The highest BCUT2D eigenvalue weighted by Crippen LogP contribution is 2.21. The third-order valence-electron chi connectivity index (χ3n) is 4.87. The van der Waals surface area contributed by atoms with E-state index in [0.717, 1.165) is 45.0 Å². The summed E-state index contributed by atoms with van der Waals surface area (Å²) >= 11 is 0. The quantitative estimate of drug-likeness (QED) is 0.626. The second-order valence-corrected chi connectivity index (χ2v) is 6.69. The van der Waals surface area contributed by atoms with Gasteiger partial charge in [0.25, 0.3) is 0 Å². The molecule has 0 aromatic heterocycles. The molecule has 2 aliphatic rings. The Morgan fingerprint density at radius 1 is 1.26 bits per heavy atom. The van der Waals surface area contributed by atoms with Gasteiger partial charge in [0.1, 0.15) is 0 Å². The lowest BCUT2D eigenvalue weighted by Gasteiger charge is -2.34. The molecule has 126 valence electrons. The number of fused-ring (bicyclic) bond motifs is 1. The largest absolute Gasteiger partial charge is 0.357 e. The van der Waals surface area contributed by atoms with Crippen molar-refractivity contribution in [3.8, 4) is 0 Å². The number of nitrogens with one attached hydrogen (secondary N) is 2. The first-order chi connectivity index (χ1) is 11.3. The lowest BCUT2D eigenvalue weighted by Crippen LogP contribution is -2.43. The van der Waals surface area contributed by atoms with Crippen molar-refractivity contribution in [1.82, 2.24) is 15.5 Å². The Bertz CT molecular complexity index is 536. The van der Waals surface area contributed by atoms with Gasteiger partial charge in [-0.1, -0.05) is 31.2 Å². The fourth-order valence-corrected chi connectivity index (χ4v) is 3.27. The van der Waals surface area contributed by atoms with Crippen LogP contribution in [0.4, 0.5) is 0 Å². The van der Waals surface area contributed by atoms with Crippen LogP contribution in [-0.2, 0) is 13.0 Å². The third kappa shape index (κ3) is 4.47. The average molecular weight is 314 g/mol. The number of guanidine groups is 1. The highest BCUT2D eigenvalue weighted by Gasteiger charge is 2.24. The third-order valence-corrected chi connectivity index (χ3v) is 4.87. The first-order valence-electron chi connectivity index (χ1n) is 9.15. The van der Waals surface area contributed by atoms with Gasteiger partial charge in [0.05, 0.1) is 6.54 Å². The minimum atomic E-state index is 0.526. The van der Waals surface area contributed by atoms with E-state index in [4.69, 9.17) is 4.99 Å². The molecule has 1 aromatic rings. The molecule has 4 heteroatoms. The molecule has 3 rings (SSSR count). The van der Waals surface area contributed by atoms with Crippen molar-refractivity contribution in [3.05, 3.63) is 35.4 Å². The van der Waals surface area contributed by atoms with Crippen LogP contribution < -0.4 is 10.6 Å². The van der Waals surface area contributed by atoms with Gasteiger partial charge in [-0.3, -0.25) is 9.89 Å². The van der Waals surface area contributed by atoms with Gasteiger partial charge in [0.15, 0.2) is 5.96 Å². The van der Waals surface area contributed by atoms with Crippen molar-refractivity contribution >= 4 is 5.96 Å². The van der Waals surface area contributed by atoms with Crippen molar-refractivity contribution < 1.29 is 0 Å². The molecule has 1 saturated carbocycles. The van der Waals surface area contributed by atoms with Crippen LogP contribution in [0, 0.1) is 0 Å². The first-order valence-corrected chi connectivity index (χ1v) is 9.15. The molecule has 1 atom stereocenters. The van der Waals surface area contributed by atoms with Crippen LogP contribution in [0.3, 0.4) is 0 Å². The second-order valence-electron chi connectivity index (χ2n) is 6.69. The number of rotatable bonds is 6. The van der Waals surface area contributed by atoms with E-state index in [9.17, 15) is 0 Å². The molecule has 0 bridgehead atoms. The zero-order valence-electron chi connectivity index (χ0n) is 14.5. The summed E-state index contributed by atoms with van der Waals surface area (Å²) in [6.45, 7) is 8.42. The molecule has 1 heterocycles. The summed E-state index contributed by atoms with van der Waals surface area (Å²) in [4.78, 5) is 7.45. The summed E-state index contributed by atoms with van der Waals surface area (Å²) in [5, 5.41) is 6.88. The highest BCUT2D eigenvalue weighted by molar-refractivity contribution is 5.80. The number of nitrogens with zero attached hydrogens (tertiary/aromatic N) is 2. The molecule has 1 aliphatic heterocycles. The molecule has 1 aromatic carbocycles. The Balaban J connectivity index is 1.60. The van der Waals surface area contributed by atoms with Crippen LogP contribution in [0.25, 0.3) is 0 Å². The Morgan fingerprint density at radius 3 is 2.74 bits per heavy atom. The second kappa shape index (κ2) is 7.82. The summed E-state index contributed by atoms with van der Waals surface area (Å²) in [6, 6.07) is 10.0. The van der Waals surface area contributed by atoms with E-state index in [-0.39, 0.29) is 0 Å². The predicted molar refractivity (Wildman–Crippen MR) is 96.8 cm³/mol. The minimum absolute atomic E-state index is 0.526. The maximum Gasteiger partial charge on any atom is 0.191 e. The lowest BCUT2D eigenvalue weighted by atomic mass is 9.98. The normalized spacial score (nSPS) is 20.0. The molecule has 1 fully saturated rings. The summed E-state index contributed by atoms with van der Waals surface area (Å²) < 4.78 is 0. The van der Waals surface area contributed by atoms with Crippen LogP contribution in [0.15, 0.2) is 29.3 Å². The molecular weight excluding hydrogens is 284 g/mol. The lowest BCUT2D eigenvalue weighted by molar-refractivity contribution is 0.178. The number of hydrogen-bond donors (Lipinski definition) is 2. The van der Waals surface area contributed by atoms with Gasteiger partial charge in [-0.25, -0.2) is 0 Å². The van der Waals surface area contributed by atoms with E-state index in [1.165, 1.54) is 24.0 Å². The van der Waals surface area contributed by atoms with Crippen LogP contribution in [0.2, 0.25) is 0 Å². The topological polar surface area (TPSA) is 39.7 Å². The van der Waals surface area contributed by atoms with E-state index in [0.29, 0.717) is 12.1 Å². The number of aliphatic imine (C=N–C) groups is 1. The maximum atomic E-state index is 4.85. The molecule has 2 N–H and O–H groups in total. The predicted octanol–water partition coefficient (Wildman–Crippen LogP) is 2.54. The Labute approximate surface area is 140 Å². The van der Waals surface area contributed by atoms with Crippen molar-refractivity contribution in [2.24, 2.45) is 4.99 Å². The van der Waals surface area contributed by atoms with Gasteiger partial charge in [0, 0.05) is 31.7 Å². The van der Waals surface area contributed by atoms with Crippen LogP contribution in [0.1, 0.15) is 44.2 Å². The van der Waals surface area contributed by atoms with E-state index in [1.54, 1.807) is 0 Å². The molecule has 0 amide bonds. The van der Waals surface area contributed by atoms with Gasteiger partial charge in [-0.05, 0) is 43.7 Å². The highest BCUT2D eigenvalue weighted by atomic mass is 15.2. The summed E-state index contributed by atoms with van der Waals surface area (Å²) in [7, 11) is 0. The van der Waals surface area contributed by atoms with E-state index in [1.807, 2.05) is 0 Å². The summed E-state index contributed by atoms with van der Waals surface area (Å²) in [5.74, 6) is 0.992. The average Bonchev–Trinajstić information content (AvgIpc) is 3.39. The van der Waals surface area contributed by atoms with E-state index in [2.05, 4.69) is 53.6 Å². The van der Waals surface area contributed by atoms with Crippen molar-refractivity contribution in [1.29, 1.82) is 0 Å². The van der Waals surface area contributed by atoms with Gasteiger partial charge >= 0.3 is 0 Å². The monoisotopic (exact) mass is 314 g/mol. The number of benzene rings is 1. The van der Waals surface area contributed by atoms with Gasteiger partial charge in [0.2, 0.25) is 0 Å². The van der Waals surface area contributed by atoms with Crippen molar-refractivity contribution in [2.75, 3.05) is 19.6 Å². The smallest absolute Gasteiger partial charge is 0.191 e. The van der Waals surface area contributed by atoms with Gasteiger partial charge < -0.3 is 10.6 Å². The maximum absolute atomic E-state index is 4.85. The fraction of sp³-hybridized carbons (Fsp3) is 0.632. The molecule has 0 saturated heterocycles. The minimum Gasteiger partial charge on any atom is -0.357 e. The Hall–Kier alpha value is -1.55. The molecule has 0 spiro atoms. The van der Waals surface area contributed by atoms with Crippen LogP contribution >= 0.6 is 0 Å². The van der Waals surface area contributed by atoms with Crippen molar-refractivity contribution in [2.45, 2.75) is 58.2 Å². The zero-order valence-corrected chi connectivity index (χ0v) is 14.5. The van der Waals surface area contributed by atoms with E-state index < -0.39 is 0 Å². The van der Waals surface area contributed by atoms with Gasteiger partial charge in [-0.15, -0.1) is 0 Å². The SMILES string of the molecule is CCNC(=NCC(CC)N1CCc2ccccc2C1)NC1CC1. The molecule has 1 unspecified atom stereocenters. The van der Waals surface area contributed by atoms with E-state index >= 15 is 0 Å². The number of hydrogen-bond acceptors (Lipinski definition) is 2. The van der Waals surface area contributed by atoms with Crippen molar-refractivity contribution in [3.63, 3.8) is 0 Å². The first kappa shape index (κ1) is 16.3. The fourth-order valence-electron chi connectivity index (χ4n) is 3.27. The molecule has 4 nitrogen and oxygen atoms in total. The van der Waals surface area contributed by atoms with Gasteiger partial charge in [-0.2, -0.15) is 0 Å². The molecule has 1 aliphatic carbocycles. The van der Waals surface area contributed by atoms with Crippen LogP contribution in [-0.4, -0.2) is 42.6 Å². The summed E-state index contributed by atoms with van der Waals surface area (Å²) in [5.41, 5.74) is 3.01. The molecular formula is C19H30N4. The Morgan fingerprint density at radius 2 is 2.04 bits per heavy atom. The Kier molecular flexibility index (Phi) is 5.55. The molecule has 23 heavy (non-hydrogen) atoms. The summed E-state index contributed by atoms with van der Waals surface area (Å²) in [6.07, 6.45) is 4.88. The standard InChI is InChI=1S/C19H30N4/c1-3-18(13-21-19(20-4-2)22-17-9-10-17)23-12-11-15-7-5-6-8-16(15)14-23/h5-8,17-18H,3-4,9-14H2,1-2H3,(H2,20,21,22). The molecule has 0 radical (unpaired) electrons. The zero-order chi connectivity index (χ0) is 16.1.